The van der Waals surface area contributed by atoms with Gasteiger partial charge in [0.05, 0.1) is 24.5 Å². The SMILES string of the molecule is COC(=O)c1cccc(CSCC(=O)NC(c2ccccc2)c2ccccc2)c1. The first-order valence-corrected chi connectivity index (χ1v) is 10.5. The van der Waals surface area contributed by atoms with E-state index in [0.717, 1.165) is 16.7 Å². The second-order valence-electron chi connectivity index (χ2n) is 6.51. The molecule has 0 saturated heterocycles. The Morgan fingerprint density at radius 1 is 0.897 bits per heavy atom. The van der Waals surface area contributed by atoms with E-state index < -0.39 is 0 Å². The fourth-order valence-corrected chi connectivity index (χ4v) is 3.81. The summed E-state index contributed by atoms with van der Waals surface area (Å²) in [5.41, 5.74) is 3.59. The van der Waals surface area contributed by atoms with E-state index in [2.05, 4.69) is 5.32 Å². The monoisotopic (exact) mass is 405 g/mol. The van der Waals surface area contributed by atoms with Gasteiger partial charge >= 0.3 is 5.97 Å². The number of amides is 1. The van der Waals surface area contributed by atoms with E-state index in [1.54, 1.807) is 12.1 Å². The van der Waals surface area contributed by atoms with Gasteiger partial charge in [0, 0.05) is 5.75 Å². The van der Waals surface area contributed by atoms with Crippen molar-refractivity contribution in [2.24, 2.45) is 0 Å². The number of benzene rings is 3. The summed E-state index contributed by atoms with van der Waals surface area (Å²) in [4.78, 5) is 24.3. The van der Waals surface area contributed by atoms with Gasteiger partial charge in [-0.2, -0.15) is 0 Å². The normalized spacial score (nSPS) is 10.6. The quantitative estimate of drug-likeness (QED) is 0.556. The molecule has 4 nitrogen and oxygen atoms in total. The minimum atomic E-state index is -0.358. The molecule has 1 N–H and O–H groups in total. The maximum absolute atomic E-state index is 12.6. The first-order valence-electron chi connectivity index (χ1n) is 9.31. The lowest BCUT2D eigenvalue weighted by Crippen LogP contribution is -2.30. The van der Waals surface area contributed by atoms with E-state index in [1.807, 2.05) is 72.8 Å². The van der Waals surface area contributed by atoms with Crippen LogP contribution in [0.3, 0.4) is 0 Å². The molecule has 0 heterocycles. The van der Waals surface area contributed by atoms with Crippen molar-refractivity contribution in [1.29, 1.82) is 0 Å². The van der Waals surface area contributed by atoms with Gasteiger partial charge in [0.2, 0.25) is 5.91 Å². The molecular formula is C24H23NO3S. The molecule has 0 atom stereocenters. The molecule has 5 heteroatoms. The lowest BCUT2D eigenvalue weighted by atomic mass is 9.99. The van der Waals surface area contributed by atoms with Crippen LogP contribution in [0, 0.1) is 0 Å². The Hall–Kier alpha value is -3.05. The van der Waals surface area contributed by atoms with E-state index in [1.165, 1.54) is 18.9 Å². The van der Waals surface area contributed by atoms with Crippen molar-refractivity contribution >= 4 is 23.6 Å². The van der Waals surface area contributed by atoms with Gasteiger partial charge in [0.15, 0.2) is 0 Å². The van der Waals surface area contributed by atoms with Gasteiger partial charge < -0.3 is 10.1 Å². The van der Waals surface area contributed by atoms with Crippen LogP contribution in [0.25, 0.3) is 0 Å². The fourth-order valence-electron chi connectivity index (χ4n) is 3.02. The van der Waals surface area contributed by atoms with Gasteiger partial charge in [0.1, 0.15) is 0 Å². The Kier molecular flexibility index (Phi) is 7.47. The van der Waals surface area contributed by atoms with Crippen LogP contribution in [0.5, 0.6) is 0 Å². The molecule has 0 aliphatic heterocycles. The zero-order valence-corrected chi connectivity index (χ0v) is 17.0. The van der Waals surface area contributed by atoms with Crippen LogP contribution in [0.2, 0.25) is 0 Å². The molecule has 0 radical (unpaired) electrons. The Morgan fingerprint density at radius 3 is 2.10 bits per heavy atom. The first kappa shape index (κ1) is 20.7. The summed E-state index contributed by atoms with van der Waals surface area (Å²) in [6, 6.07) is 27.0. The Labute approximate surface area is 175 Å². The van der Waals surface area contributed by atoms with E-state index >= 15 is 0 Å². The zero-order valence-electron chi connectivity index (χ0n) is 16.2. The van der Waals surface area contributed by atoms with Crippen molar-refractivity contribution in [1.82, 2.24) is 5.32 Å². The molecule has 3 rings (SSSR count). The van der Waals surface area contributed by atoms with Crippen LogP contribution < -0.4 is 5.32 Å². The molecule has 29 heavy (non-hydrogen) atoms. The average molecular weight is 406 g/mol. The second kappa shape index (κ2) is 10.5. The molecule has 0 aliphatic carbocycles. The summed E-state index contributed by atoms with van der Waals surface area (Å²) < 4.78 is 4.75. The average Bonchev–Trinajstić information content (AvgIpc) is 2.78. The van der Waals surface area contributed by atoms with Gasteiger partial charge in [-0.05, 0) is 28.8 Å². The largest absolute Gasteiger partial charge is 0.465 e. The summed E-state index contributed by atoms with van der Waals surface area (Å²) in [7, 11) is 1.37. The molecule has 0 saturated carbocycles. The fraction of sp³-hybridized carbons (Fsp3) is 0.167. The van der Waals surface area contributed by atoms with Crippen LogP contribution in [0.4, 0.5) is 0 Å². The lowest BCUT2D eigenvalue weighted by molar-refractivity contribution is -0.119. The van der Waals surface area contributed by atoms with Crippen molar-refractivity contribution in [3.8, 4) is 0 Å². The van der Waals surface area contributed by atoms with Crippen molar-refractivity contribution in [2.45, 2.75) is 11.8 Å². The summed E-state index contributed by atoms with van der Waals surface area (Å²) in [5, 5.41) is 3.14. The Balaban J connectivity index is 1.60. The molecule has 0 fully saturated rings. The highest BCUT2D eigenvalue weighted by atomic mass is 32.2. The number of thioether (sulfide) groups is 1. The smallest absolute Gasteiger partial charge is 0.337 e. The first-order chi connectivity index (χ1) is 14.2. The summed E-state index contributed by atoms with van der Waals surface area (Å²) in [6.45, 7) is 0. The van der Waals surface area contributed by atoms with Crippen LogP contribution in [0.1, 0.15) is 33.1 Å². The molecule has 0 aliphatic rings. The number of rotatable bonds is 8. The molecule has 0 aromatic heterocycles. The number of ether oxygens (including phenoxy) is 1. The third-order valence-electron chi connectivity index (χ3n) is 4.42. The third-order valence-corrected chi connectivity index (χ3v) is 5.42. The van der Waals surface area contributed by atoms with Crippen LogP contribution >= 0.6 is 11.8 Å². The third kappa shape index (κ3) is 5.96. The number of hydrogen-bond donors (Lipinski definition) is 1. The van der Waals surface area contributed by atoms with Gasteiger partial charge in [-0.15, -0.1) is 11.8 Å². The zero-order chi connectivity index (χ0) is 20.5. The standard InChI is InChI=1S/C24H23NO3S/c1-28-24(27)21-14-8-9-18(15-21)16-29-17-22(26)25-23(19-10-4-2-5-11-19)20-12-6-3-7-13-20/h2-15,23H,16-17H2,1H3,(H,25,26). The van der Waals surface area contributed by atoms with Crippen LogP contribution in [0.15, 0.2) is 84.9 Å². The number of esters is 1. The highest BCUT2D eigenvalue weighted by molar-refractivity contribution is 7.99. The lowest BCUT2D eigenvalue weighted by Gasteiger charge is -2.20. The summed E-state index contributed by atoms with van der Waals surface area (Å²) >= 11 is 1.51. The molecule has 3 aromatic carbocycles. The van der Waals surface area contributed by atoms with Gasteiger partial charge in [-0.25, -0.2) is 4.79 Å². The van der Waals surface area contributed by atoms with Crippen molar-refractivity contribution < 1.29 is 14.3 Å². The number of hydrogen-bond acceptors (Lipinski definition) is 4. The summed E-state index contributed by atoms with van der Waals surface area (Å²) in [6.07, 6.45) is 0. The Bertz CT molecular complexity index is 905. The maximum atomic E-state index is 12.6. The van der Waals surface area contributed by atoms with Crippen LogP contribution in [-0.2, 0) is 15.3 Å². The summed E-state index contributed by atoms with van der Waals surface area (Å²) in [5.74, 6) is 0.582. The predicted molar refractivity (Wildman–Crippen MR) is 117 cm³/mol. The number of carbonyl (C=O) groups is 2. The maximum Gasteiger partial charge on any atom is 0.337 e. The minimum absolute atomic E-state index is 0.0307. The van der Waals surface area contributed by atoms with Gasteiger partial charge in [0.25, 0.3) is 0 Å². The van der Waals surface area contributed by atoms with Crippen LogP contribution in [-0.4, -0.2) is 24.7 Å². The van der Waals surface area contributed by atoms with Gasteiger partial charge in [-0.1, -0.05) is 72.8 Å². The number of nitrogens with one attached hydrogen (secondary N) is 1. The van der Waals surface area contributed by atoms with E-state index in [4.69, 9.17) is 4.74 Å². The van der Waals surface area contributed by atoms with E-state index in [9.17, 15) is 9.59 Å². The number of methoxy groups -OCH3 is 1. The Morgan fingerprint density at radius 2 is 1.52 bits per heavy atom. The highest BCUT2D eigenvalue weighted by Gasteiger charge is 2.16. The van der Waals surface area contributed by atoms with E-state index in [0.29, 0.717) is 17.1 Å². The minimum Gasteiger partial charge on any atom is -0.465 e. The molecular weight excluding hydrogens is 382 g/mol. The van der Waals surface area contributed by atoms with Crippen molar-refractivity contribution in [2.75, 3.05) is 12.9 Å². The van der Waals surface area contributed by atoms with E-state index in [-0.39, 0.29) is 17.9 Å². The topological polar surface area (TPSA) is 55.4 Å². The number of carbonyl (C=O) groups excluding carboxylic acids is 2. The van der Waals surface area contributed by atoms with Crippen molar-refractivity contribution in [3.63, 3.8) is 0 Å². The highest BCUT2D eigenvalue weighted by Crippen LogP contribution is 2.22. The molecule has 3 aromatic rings. The van der Waals surface area contributed by atoms with Crippen molar-refractivity contribution in [3.05, 3.63) is 107 Å². The van der Waals surface area contributed by atoms with Gasteiger partial charge in [-0.3, -0.25) is 4.79 Å². The molecule has 148 valence electrons. The molecule has 0 spiro atoms. The molecule has 0 bridgehead atoms. The molecule has 1 amide bonds. The second-order valence-corrected chi connectivity index (χ2v) is 7.49. The molecule has 0 unspecified atom stereocenters. The predicted octanol–water partition coefficient (Wildman–Crippen LogP) is 4.61.